The molecule has 0 aliphatic heterocycles. The molecule has 0 heterocycles. The van der Waals surface area contributed by atoms with Crippen LogP contribution in [-0.4, -0.2) is 5.78 Å². The molecule has 2 aromatic rings. The van der Waals surface area contributed by atoms with E-state index in [9.17, 15) is 18.0 Å². The maximum absolute atomic E-state index is 13.1. The van der Waals surface area contributed by atoms with Gasteiger partial charge in [0.25, 0.3) is 0 Å². The minimum Gasteiger partial charge on any atom is -0.294 e. The summed E-state index contributed by atoms with van der Waals surface area (Å²) in [7, 11) is 0. The lowest BCUT2D eigenvalue weighted by Gasteiger charge is -2.05. The zero-order chi connectivity index (χ0) is 14.0. The fraction of sp³-hybridized carbons (Fsp3) is 0.133. The number of rotatable bonds is 3. The monoisotopic (exact) mass is 264 g/mol. The molecule has 2 rings (SSSR count). The maximum Gasteiger partial charge on any atom is 0.194 e. The van der Waals surface area contributed by atoms with Crippen LogP contribution in [0.2, 0.25) is 0 Å². The van der Waals surface area contributed by atoms with Gasteiger partial charge in [0.05, 0.1) is 0 Å². The topological polar surface area (TPSA) is 17.1 Å². The van der Waals surface area contributed by atoms with Crippen molar-refractivity contribution in [3.63, 3.8) is 0 Å². The number of carbonyl (C=O) groups is 1. The second-order valence-electron chi connectivity index (χ2n) is 4.11. The Labute approximate surface area is 108 Å². The number of benzene rings is 2. The predicted octanol–water partition coefficient (Wildman–Crippen LogP) is 4.36. The molecule has 0 fully saturated rings. The van der Waals surface area contributed by atoms with Gasteiger partial charge in [-0.15, -0.1) is 0 Å². The van der Waals surface area contributed by atoms with E-state index in [4.69, 9.17) is 0 Å². The molecular formula is C15H11F3O. The third kappa shape index (κ3) is 2.67. The Morgan fingerprint density at radius 3 is 1.95 bits per heavy atom. The van der Waals surface area contributed by atoms with E-state index in [1.54, 1.807) is 31.2 Å². The molecule has 0 atom stereocenters. The molecule has 0 aliphatic rings. The van der Waals surface area contributed by atoms with Crippen molar-refractivity contribution in [3.05, 3.63) is 59.4 Å². The van der Waals surface area contributed by atoms with Gasteiger partial charge in [-0.1, -0.05) is 31.2 Å². The van der Waals surface area contributed by atoms with Crippen LogP contribution in [-0.2, 0) is 0 Å². The lowest BCUT2D eigenvalue weighted by Crippen LogP contribution is -1.96. The summed E-state index contributed by atoms with van der Waals surface area (Å²) in [6.45, 7) is 1.75. The van der Waals surface area contributed by atoms with Gasteiger partial charge in [0.15, 0.2) is 23.2 Å². The van der Waals surface area contributed by atoms with E-state index < -0.39 is 17.5 Å². The molecule has 0 spiro atoms. The summed E-state index contributed by atoms with van der Waals surface area (Å²) in [6.07, 6.45) is 0.388. The number of hydrogen-bond donors (Lipinski definition) is 0. The maximum atomic E-state index is 13.1. The number of hydrogen-bond acceptors (Lipinski definition) is 1. The first-order valence-corrected chi connectivity index (χ1v) is 5.81. The second-order valence-corrected chi connectivity index (χ2v) is 4.11. The largest absolute Gasteiger partial charge is 0.294 e. The first-order valence-electron chi connectivity index (χ1n) is 5.81. The SMILES string of the molecule is CCC(=O)c1ccc(-c2cc(F)c(F)c(F)c2)cc1. The fourth-order valence-corrected chi connectivity index (χ4v) is 1.77. The normalized spacial score (nSPS) is 10.5. The van der Waals surface area contributed by atoms with Crippen molar-refractivity contribution in [2.75, 3.05) is 0 Å². The molecule has 4 heteroatoms. The van der Waals surface area contributed by atoms with Crippen LogP contribution in [0.15, 0.2) is 36.4 Å². The Bertz CT molecular complexity index is 595. The van der Waals surface area contributed by atoms with Crippen molar-refractivity contribution in [3.8, 4) is 11.1 Å². The van der Waals surface area contributed by atoms with Crippen LogP contribution in [0.25, 0.3) is 11.1 Å². The summed E-state index contributed by atoms with van der Waals surface area (Å²) in [5, 5.41) is 0. The quantitative estimate of drug-likeness (QED) is 0.594. The Morgan fingerprint density at radius 2 is 1.47 bits per heavy atom. The molecule has 1 nitrogen and oxygen atoms in total. The highest BCUT2D eigenvalue weighted by molar-refractivity contribution is 5.96. The van der Waals surface area contributed by atoms with E-state index in [-0.39, 0.29) is 11.3 Å². The van der Waals surface area contributed by atoms with Crippen LogP contribution in [0.5, 0.6) is 0 Å². The van der Waals surface area contributed by atoms with E-state index in [0.29, 0.717) is 17.5 Å². The van der Waals surface area contributed by atoms with Crippen LogP contribution in [0.4, 0.5) is 13.2 Å². The zero-order valence-electron chi connectivity index (χ0n) is 10.2. The molecule has 0 aromatic heterocycles. The summed E-state index contributed by atoms with van der Waals surface area (Å²) in [4.78, 5) is 11.4. The van der Waals surface area contributed by atoms with Crippen molar-refractivity contribution < 1.29 is 18.0 Å². The van der Waals surface area contributed by atoms with E-state index in [0.717, 1.165) is 12.1 Å². The molecular weight excluding hydrogens is 253 g/mol. The summed E-state index contributed by atoms with van der Waals surface area (Å²) in [5.41, 5.74) is 1.28. The third-order valence-electron chi connectivity index (χ3n) is 2.85. The van der Waals surface area contributed by atoms with Gasteiger partial charge in [-0.3, -0.25) is 4.79 Å². The van der Waals surface area contributed by atoms with Gasteiger partial charge in [-0.2, -0.15) is 0 Å². The van der Waals surface area contributed by atoms with E-state index >= 15 is 0 Å². The highest BCUT2D eigenvalue weighted by Gasteiger charge is 2.12. The summed E-state index contributed by atoms with van der Waals surface area (Å²) in [6, 6.07) is 8.18. The molecule has 0 unspecified atom stereocenters. The van der Waals surface area contributed by atoms with Gasteiger partial charge < -0.3 is 0 Å². The van der Waals surface area contributed by atoms with Crippen LogP contribution in [0.3, 0.4) is 0 Å². The van der Waals surface area contributed by atoms with Gasteiger partial charge in [-0.05, 0) is 23.3 Å². The van der Waals surface area contributed by atoms with Crippen LogP contribution in [0.1, 0.15) is 23.7 Å². The van der Waals surface area contributed by atoms with Gasteiger partial charge in [0.2, 0.25) is 0 Å². The molecule has 2 aromatic carbocycles. The van der Waals surface area contributed by atoms with Crippen LogP contribution < -0.4 is 0 Å². The van der Waals surface area contributed by atoms with Gasteiger partial charge in [-0.25, -0.2) is 13.2 Å². The van der Waals surface area contributed by atoms with Crippen LogP contribution >= 0.6 is 0 Å². The highest BCUT2D eigenvalue weighted by atomic mass is 19.2. The Balaban J connectivity index is 2.40. The summed E-state index contributed by atoms with van der Waals surface area (Å²) in [5.74, 6) is -3.96. The highest BCUT2D eigenvalue weighted by Crippen LogP contribution is 2.24. The van der Waals surface area contributed by atoms with Gasteiger partial charge in [0.1, 0.15) is 0 Å². The molecule has 0 N–H and O–H groups in total. The molecule has 19 heavy (non-hydrogen) atoms. The van der Waals surface area contributed by atoms with Crippen molar-refractivity contribution in [2.24, 2.45) is 0 Å². The lowest BCUT2D eigenvalue weighted by molar-refractivity contribution is 0.0988. The summed E-state index contributed by atoms with van der Waals surface area (Å²) >= 11 is 0. The molecule has 98 valence electrons. The van der Waals surface area contributed by atoms with E-state index in [1.807, 2.05) is 0 Å². The number of Topliss-reactive ketones (excluding diaryl/α,β-unsaturated/α-hetero) is 1. The summed E-state index contributed by atoms with van der Waals surface area (Å²) < 4.78 is 39.1. The smallest absolute Gasteiger partial charge is 0.194 e. The van der Waals surface area contributed by atoms with E-state index in [1.165, 1.54) is 0 Å². The number of carbonyl (C=O) groups excluding carboxylic acids is 1. The van der Waals surface area contributed by atoms with Crippen molar-refractivity contribution >= 4 is 5.78 Å². The Kier molecular flexibility index (Phi) is 3.69. The Hall–Kier alpha value is -2.10. The van der Waals surface area contributed by atoms with Crippen molar-refractivity contribution in [1.82, 2.24) is 0 Å². The van der Waals surface area contributed by atoms with Crippen LogP contribution in [0, 0.1) is 17.5 Å². The molecule has 0 saturated carbocycles. The average Bonchev–Trinajstić information content (AvgIpc) is 2.43. The average molecular weight is 264 g/mol. The molecule has 0 radical (unpaired) electrons. The molecule has 0 aliphatic carbocycles. The minimum atomic E-state index is -1.48. The Morgan fingerprint density at radius 1 is 0.947 bits per heavy atom. The third-order valence-corrected chi connectivity index (χ3v) is 2.85. The van der Waals surface area contributed by atoms with Crippen molar-refractivity contribution in [2.45, 2.75) is 13.3 Å². The van der Waals surface area contributed by atoms with Gasteiger partial charge >= 0.3 is 0 Å². The van der Waals surface area contributed by atoms with Crippen molar-refractivity contribution in [1.29, 1.82) is 0 Å². The lowest BCUT2D eigenvalue weighted by atomic mass is 10.0. The van der Waals surface area contributed by atoms with E-state index in [2.05, 4.69) is 0 Å². The molecule has 0 bridgehead atoms. The predicted molar refractivity (Wildman–Crippen MR) is 66.4 cm³/mol. The number of halogens is 3. The first kappa shape index (κ1) is 13.3. The standard InChI is InChI=1S/C15H11F3O/c1-2-14(19)10-5-3-9(4-6-10)11-7-12(16)15(18)13(17)8-11/h3-8H,2H2,1H3. The fourth-order valence-electron chi connectivity index (χ4n) is 1.77. The van der Waals surface area contributed by atoms with Gasteiger partial charge in [0, 0.05) is 12.0 Å². The first-order chi connectivity index (χ1) is 9.02. The molecule has 0 saturated heterocycles. The number of ketones is 1. The second kappa shape index (κ2) is 5.26. The molecule has 0 amide bonds. The minimum absolute atomic E-state index is 0.0111. The zero-order valence-corrected chi connectivity index (χ0v) is 10.2.